The second kappa shape index (κ2) is 8.89. The molecule has 1 fully saturated rings. The smallest absolute Gasteiger partial charge is 0.338 e. The van der Waals surface area contributed by atoms with Crippen molar-refractivity contribution in [2.45, 2.75) is 31.8 Å². The fraction of sp³-hybridized carbons (Fsp3) is 0.381. The molecule has 3 aromatic rings. The van der Waals surface area contributed by atoms with Gasteiger partial charge >= 0.3 is 5.97 Å². The maximum atomic E-state index is 13.0. The second-order valence-corrected chi connectivity index (χ2v) is 10.7. The van der Waals surface area contributed by atoms with Crippen molar-refractivity contribution in [2.75, 3.05) is 13.1 Å². The number of benzene rings is 1. The van der Waals surface area contributed by atoms with Crippen LogP contribution < -0.4 is 0 Å². The fourth-order valence-electron chi connectivity index (χ4n) is 3.74. The molecule has 0 saturated carbocycles. The molecule has 0 radical (unpaired) electrons. The highest BCUT2D eigenvalue weighted by molar-refractivity contribution is 7.89. The number of nitrogens with zero attached hydrogens (tertiary/aromatic N) is 3. The zero-order chi connectivity index (χ0) is 22.0. The molecule has 1 aromatic carbocycles. The van der Waals surface area contributed by atoms with E-state index in [4.69, 9.17) is 9.15 Å². The van der Waals surface area contributed by atoms with Crippen molar-refractivity contribution < 1.29 is 22.4 Å². The van der Waals surface area contributed by atoms with Crippen LogP contribution in [0.2, 0.25) is 0 Å². The van der Waals surface area contributed by atoms with Crippen molar-refractivity contribution in [2.24, 2.45) is 11.8 Å². The summed E-state index contributed by atoms with van der Waals surface area (Å²) in [6, 6.07) is 9.53. The van der Waals surface area contributed by atoms with Crippen LogP contribution in [0.25, 0.3) is 10.8 Å². The standard InChI is InChI=1S/C21H23N3O5S2/c1-14-10-15(2)12-24(11-14)31(26,27)17-7-5-16(6-8-17)21(25)28-13-19-22-23-20(29-19)18-4-3-9-30-18/h3-9,14-15H,10-13H2,1-2H3/t14-,15+. The summed E-state index contributed by atoms with van der Waals surface area (Å²) in [6.07, 6.45) is 1.02. The normalized spacial score (nSPS) is 19.9. The van der Waals surface area contributed by atoms with Gasteiger partial charge in [-0.3, -0.25) is 0 Å². The van der Waals surface area contributed by atoms with Crippen molar-refractivity contribution in [3.8, 4) is 10.8 Å². The third-order valence-electron chi connectivity index (χ3n) is 5.09. The van der Waals surface area contributed by atoms with Crippen molar-refractivity contribution >= 4 is 27.3 Å². The first-order valence-electron chi connectivity index (χ1n) is 9.96. The van der Waals surface area contributed by atoms with Gasteiger partial charge in [0.25, 0.3) is 11.8 Å². The van der Waals surface area contributed by atoms with Gasteiger partial charge < -0.3 is 9.15 Å². The summed E-state index contributed by atoms with van der Waals surface area (Å²) < 4.78 is 38.1. The van der Waals surface area contributed by atoms with Crippen molar-refractivity contribution in [3.05, 3.63) is 53.2 Å². The molecule has 0 amide bonds. The van der Waals surface area contributed by atoms with Crippen LogP contribution in [0.15, 0.2) is 51.1 Å². The van der Waals surface area contributed by atoms with Gasteiger partial charge in [0.2, 0.25) is 10.0 Å². The first kappa shape index (κ1) is 21.7. The number of aromatic nitrogens is 2. The van der Waals surface area contributed by atoms with Crippen LogP contribution in [0.1, 0.15) is 36.5 Å². The summed E-state index contributed by atoms with van der Waals surface area (Å²) in [5, 5.41) is 9.71. The second-order valence-electron chi connectivity index (χ2n) is 7.85. The van der Waals surface area contributed by atoms with Gasteiger partial charge in [0.15, 0.2) is 6.61 Å². The minimum Gasteiger partial charge on any atom is -0.452 e. The van der Waals surface area contributed by atoms with Crippen molar-refractivity contribution in [3.63, 3.8) is 0 Å². The molecule has 0 unspecified atom stereocenters. The molecular formula is C21H23N3O5S2. The Bertz CT molecular complexity index is 1130. The molecule has 0 N–H and O–H groups in total. The largest absolute Gasteiger partial charge is 0.452 e. The van der Waals surface area contributed by atoms with E-state index in [1.54, 1.807) is 0 Å². The van der Waals surface area contributed by atoms with E-state index in [0.29, 0.717) is 30.8 Å². The van der Waals surface area contributed by atoms with E-state index in [1.165, 1.54) is 39.9 Å². The molecule has 31 heavy (non-hydrogen) atoms. The molecule has 1 aliphatic rings. The Morgan fingerprint density at radius 1 is 1.16 bits per heavy atom. The summed E-state index contributed by atoms with van der Waals surface area (Å²) in [7, 11) is -3.60. The van der Waals surface area contributed by atoms with Gasteiger partial charge in [-0.1, -0.05) is 19.9 Å². The molecular weight excluding hydrogens is 438 g/mol. The highest BCUT2D eigenvalue weighted by atomic mass is 32.2. The first-order valence-corrected chi connectivity index (χ1v) is 12.3. The lowest BCUT2D eigenvalue weighted by molar-refractivity contribution is 0.0438. The van der Waals surface area contributed by atoms with Gasteiger partial charge in [-0.2, -0.15) is 4.31 Å². The van der Waals surface area contributed by atoms with E-state index >= 15 is 0 Å². The van der Waals surface area contributed by atoms with Gasteiger partial charge in [0.1, 0.15) is 0 Å². The van der Waals surface area contributed by atoms with E-state index in [0.717, 1.165) is 11.3 Å². The number of carbonyl (C=O) groups is 1. The molecule has 2 aromatic heterocycles. The Hall–Kier alpha value is -2.56. The lowest BCUT2D eigenvalue weighted by Gasteiger charge is -2.34. The summed E-state index contributed by atoms with van der Waals surface area (Å²) in [6.45, 7) is 4.97. The topological polar surface area (TPSA) is 103 Å². The van der Waals surface area contributed by atoms with Gasteiger partial charge in [0.05, 0.1) is 15.3 Å². The Balaban J connectivity index is 1.39. The molecule has 10 heteroatoms. The third-order valence-corrected chi connectivity index (χ3v) is 7.79. The lowest BCUT2D eigenvalue weighted by atomic mass is 9.94. The first-order chi connectivity index (χ1) is 14.8. The van der Waals surface area contributed by atoms with Crippen LogP contribution in [-0.4, -0.2) is 42.0 Å². The molecule has 3 heterocycles. The average Bonchev–Trinajstić information content (AvgIpc) is 3.43. The highest BCUT2D eigenvalue weighted by Gasteiger charge is 2.31. The molecule has 164 valence electrons. The zero-order valence-corrected chi connectivity index (χ0v) is 18.9. The number of ether oxygens (including phenoxy) is 1. The number of carbonyl (C=O) groups excluding carboxylic acids is 1. The summed E-state index contributed by atoms with van der Waals surface area (Å²) in [5.41, 5.74) is 0.248. The van der Waals surface area contributed by atoms with E-state index < -0.39 is 16.0 Å². The molecule has 0 bridgehead atoms. The Morgan fingerprint density at radius 3 is 2.52 bits per heavy atom. The lowest BCUT2D eigenvalue weighted by Crippen LogP contribution is -2.42. The molecule has 1 aliphatic heterocycles. The summed E-state index contributed by atoms with van der Waals surface area (Å²) >= 11 is 1.47. The van der Waals surface area contributed by atoms with Crippen LogP contribution in [0.5, 0.6) is 0 Å². The Kier molecular flexibility index (Phi) is 6.22. The number of rotatable bonds is 6. The summed E-state index contributed by atoms with van der Waals surface area (Å²) in [4.78, 5) is 13.3. The van der Waals surface area contributed by atoms with Crippen LogP contribution >= 0.6 is 11.3 Å². The molecule has 8 nitrogen and oxygen atoms in total. The highest BCUT2D eigenvalue weighted by Crippen LogP contribution is 2.27. The minimum absolute atomic E-state index is 0.166. The predicted molar refractivity (Wildman–Crippen MR) is 115 cm³/mol. The van der Waals surface area contributed by atoms with Crippen molar-refractivity contribution in [1.82, 2.24) is 14.5 Å². The monoisotopic (exact) mass is 461 g/mol. The van der Waals surface area contributed by atoms with Crippen LogP contribution in [-0.2, 0) is 21.4 Å². The van der Waals surface area contributed by atoms with Gasteiger partial charge in [-0.05, 0) is 54.0 Å². The average molecular weight is 462 g/mol. The number of sulfonamides is 1. The van der Waals surface area contributed by atoms with E-state index in [-0.39, 0.29) is 23.0 Å². The molecule has 2 atom stereocenters. The molecule has 0 spiro atoms. The predicted octanol–water partition coefficient (Wildman–Crippen LogP) is 3.82. The quantitative estimate of drug-likeness (QED) is 0.514. The summed E-state index contributed by atoms with van der Waals surface area (Å²) in [5.74, 6) is 0.594. The van der Waals surface area contributed by atoms with Crippen LogP contribution in [0.3, 0.4) is 0 Å². The number of piperidine rings is 1. The van der Waals surface area contributed by atoms with Gasteiger partial charge in [-0.15, -0.1) is 21.5 Å². The number of hydrogen-bond acceptors (Lipinski definition) is 8. The fourth-order valence-corrected chi connectivity index (χ4v) is 6.06. The minimum atomic E-state index is -3.60. The Morgan fingerprint density at radius 2 is 1.87 bits per heavy atom. The third kappa shape index (κ3) is 4.86. The van der Waals surface area contributed by atoms with Crippen molar-refractivity contribution in [1.29, 1.82) is 0 Å². The van der Waals surface area contributed by atoms with Crippen LogP contribution in [0.4, 0.5) is 0 Å². The van der Waals surface area contributed by atoms with Crippen LogP contribution in [0, 0.1) is 11.8 Å². The maximum absolute atomic E-state index is 13.0. The maximum Gasteiger partial charge on any atom is 0.338 e. The van der Waals surface area contributed by atoms with E-state index in [9.17, 15) is 13.2 Å². The number of hydrogen-bond donors (Lipinski definition) is 0. The van der Waals surface area contributed by atoms with E-state index in [1.807, 2.05) is 17.5 Å². The molecule has 1 saturated heterocycles. The zero-order valence-electron chi connectivity index (χ0n) is 17.2. The number of esters is 1. The number of thiophene rings is 1. The van der Waals surface area contributed by atoms with Gasteiger partial charge in [0, 0.05) is 13.1 Å². The molecule has 0 aliphatic carbocycles. The van der Waals surface area contributed by atoms with Gasteiger partial charge in [-0.25, -0.2) is 13.2 Å². The van der Waals surface area contributed by atoms with E-state index in [2.05, 4.69) is 24.0 Å². The molecule has 4 rings (SSSR count). The Labute approximate surface area is 184 Å². The SMILES string of the molecule is C[C@@H]1C[C@H](C)CN(S(=O)(=O)c2ccc(C(=O)OCc3nnc(-c4cccs4)o3)cc2)C1.